The van der Waals surface area contributed by atoms with Gasteiger partial charge in [-0.1, -0.05) is 0 Å². The number of rotatable bonds is 2. The van der Waals surface area contributed by atoms with E-state index >= 15 is 0 Å². The molecule has 0 spiro atoms. The number of amides is 1. The van der Waals surface area contributed by atoms with E-state index in [-0.39, 0.29) is 0 Å². The number of hydrogen-bond acceptors (Lipinski definition) is 4. The first kappa shape index (κ1) is 9.04. The third-order valence-corrected chi connectivity index (χ3v) is 1.28. The fraction of sp³-hybridized carbons (Fsp3) is 0.167. The van der Waals surface area contributed by atoms with Crippen molar-refractivity contribution in [3.63, 3.8) is 0 Å². The molecule has 1 amide bonds. The summed E-state index contributed by atoms with van der Waals surface area (Å²) in [5.74, 6) is -3.88. The topological polar surface area (TPSA) is 116 Å². The molecular weight excluding hydrogens is 180 g/mol. The van der Waals surface area contributed by atoms with Crippen LogP contribution < -0.4 is 0 Å². The Kier molecular flexibility index (Phi) is 2.18. The van der Waals surface area contributed by atoms with Crippen LogP contribution in [-0.4, -0.2) is 46.0 Å². The van der Waals surface area contributed by atoms with E-state index < -0.39 is 29.6 Å². The van der Waals surface area contributed by atoms with Crippen LogP contribution >= 0.6 is 0 Å². The molecular formula is C6H4N2O5. The van der Waals surface area contributed by atoms with Crippen molar-refractivity contribution in [3.05, 3.63) is 0 Å². The van der Waals surface area contributed by atoms with Crippen LogP contribution in [0.5, 0.6) is 0 Å². The lowest BCUT2D eigenvalue weighted by molar-refractivity contribution is -0.138. The Balaban J connectivity index is 3.05. The zero-order valence-electron chi connectivity index (χ0n) is 6.17. The molecule has 2 N–H and O–H groups in total. The van der Waals surface area contributed by atoms with Crippen molar-refractivity contribution in [2.24, 2.45) is 9.98 Å². The van der Waals surface area contributed by atoms with Gasteiger partial charge in [-0.15, -0.1) is 0 Å². The molecule has 7 nitrogen and oxygen atoms in total. The molecule has 1 unspecified atom stereocenters. The first-order valence-corrected chi connectivity index (χ1v) is 3.14. The van der Waals surface area contributed by atoms with Gasteiger partial charge in [0, 0.05) is 0 Å². The highest BCUT2D eigenvalue weighted by molar-refractivity contribution is 6.47. The number of aliphatic imine (C=N–C) groups is 2. The molecule has 7 heteroatoms. The van der Waals surface area contributed by atoms with Crippen LogP contribution in [0.3, 0.4) is 0 Å². The van der Waals surface area contributed by atoms with Crippen LogP contribution in [0.25, 0.3) is 0 Å². The number of hydrogen-bond donors (Lipinski definition) is 2. The summed E-state index contributed by atoms with van der Waals surface area (Å²) in [7, 11) is 0. The maximum Gasteiger partial charge on any atom is 0.353 e. The van der Waals surface area contributed by atoms with Crippen LogP contribution in [-0.2, 0) is 14.4 Å². The summed E-state index contributed by atoms with van der Waals surface area (Å²) in [6.07, 6.45) is 0.686. The predicted molar refractivity (Wildman–Crippen MR) is 40.0 cm³/mol. The molecule has 0 aromatic heterocycles. The lowest BCUT2D eigenvalue weighted by Gasteiger charge is -2.08. The molecule has 0 bridgehead atoms. The average molecular weight is 184 g/mol. The first-order valence-electron chi connectivity index (χ1n) is 3.14. The van der Waals surface area contributed by atoms with Crippen molar-refractivity contribution in [1.29, 1.82) is 0 Å². The second-order valence-corrected chi connectivity index (χ2v) is 2.16. The van der Waals surface area contributed by atoms with Crippen molar-refractivity contribution in [2.45, 2.75) is 6.04 Å². The number of carboxylic acid groups (broad SMARTS) is 2. The first-order chi connectivity index (χ1) is 6.02. The molecule has 0 aliphatic carbocycles. The molecule has 0 fully saturated rings. The molecule has 1 atom stereocenters. The third-order valence-electron chi connectivity index (χ3n) is 1.28. The molecule has 1 aliphatic rings. The number of carbonyl (C=O) groups is 3. The van der Waals surface area contributed by atoms with Gasteiger partial charge in [0.1, 0.15) is 0 Å². The highest BCUT2D eigenvalue weighted by atomic mass is 16.4. The maximum atomic E-state index is 10.6. The largest absolute Gasteiger partial charge is 0.479 e. The van der Waals surface area contributed by atoms with Gasteiger partial charge in [-0.05, 0) is 0 Å². The van der Waals surface area contributed by atoms with E-state index in [9.17, 15) is 14.4 Å². The minimum absolute atomic E-state index is 0.686. The van der Waals surface area contributed by atoms with Crippen molar-refractivity contribution in [2.75, 3.05) is 0 Å². The van der Waals surface area contributed by atoms with Gasteiger partial charge in [-0.3, -0.25) is 9.79 Å². The Bertz CT molecular complexity index is 343. The van der Waals surface area contributed by atoms with E-state index in [1.807, 2.05) is 0 Å². The molecule has 0 aromatic rings. The third kappa shape index (κ3) is 1.75. The van der Waals surface area contributed by atoms with Gasteiger partial charge in [0.25, 0.3) is 5.91 Å². The molecule has 0 radical (unpaired) electrons. The summed E-state index contributed by atoms with van der Waals surface area (Å²) in [6, 6.07) is -1.59. The molecule has 68 valence electrons. The van der Waals surface area contributed by atoms with Gasteiger partial charge < -0.3 is 10.2 Å². The molecule has 13 heavy (non-hydrogen) atoms. The normalized spacial score (nSPS) is 21.1. The second-order valence-electron chi connectivity index (χ2n) is 2.16. The SMILES string of the molecule is O=C1C=NC(C(=O)O)C(C(=O)O)=N1. The summed E-state index contributed by atoms with van der Waals surface area (Å²) in [5, 5.41) is 16.9. The quantitative estimate of drug-likeness (QED) is 0.546. The van der Waals surface area contributed by atoms with Gasteiger partial charge in [-0.2, -0.15) is 0 Å². The zero-order chi connectivity index (χ0) is 10.0. The van der Waals surface area contributed by atoms with Crippen LogP contribution in [0, 0.1) is 0 Å². The predicted octanol–water partition coefficient (Wildman–Crippen LogP) is -1.42. The van der Waals surface area contributed by atoms with Gasteiger partial charge in [0.15, 0.2) is 11.8 Å². The zero-order valence-corrected chi connectivity index (χ0v) is 6.17. The van der Waals surface area contributed by atoms with Gasteiger partial charge in [0.2, 0.25) is 0 Å². The van der Waals surface area contributed by atoms with Gasteiger partial charge in [0.05, 0.1) is 6.21 Å². The van der Waals surface area contributed by atoms with E-state index in [2.05, 4.69) is 9.98 Å². The van der Waals surface area contributed by atoms with E-state index in [0.29, 0.717) is 6.21 Å². The maximum absolute atomic E-state index is 10.6. The van der Waals surface area contributed by atoms with Crippen LogP contribution in [0.15, 0.2) is 9.98 Å². The van der Waals surface area contributed by atoms with Crippen LogP contribution in [0.1, 0.15) is 0 Å². The fourth-order valence-electron chi connectivity index (χ4n) is 0.763. The Morgan fingerprint density at radius 3 is 2.46 bits per heavy atom. The van der Waals surface area contributed by atoms with E-state index in [4.69, 9.17) is 10.2 Å². The summed E-state index contributed by atoms with van der Waals surface area (Å²) in [6.45, 7) is 0. The highest BCUT2D eigenvalue weighted by Crippen LogP contribution is 2.01. The molecule has 0 saturated heterocycles. The number of carboxylic acids is 2. The number of nitrogens with zero attached hydrogens (tertiary/aromatic N) is 2. The lowest BCUT2D eigenvalue weighted by Crippen LogP contribution is -2.37. The number of aliphatic carboxylic acids is 2. The van der Waals surface area contributed by atoms with E-state index in [0.717, 1.165) is 0 Å². The number of carbonyl (C=O) groups excluding carboxylic acids is 1. The minimum Gasteiger partial charge on any atom is -0.479 e. The Labute approximate surface area is 71.4 Å². The summed E-state index contributed by atoms with van der Waals surface area (Å²) in [5.41, 5.74) is -0.764. The molecule has 0 saturated carbocycles. The lowest BCUT2D eigenvalue weighted by atomic mass is 10.1. The Morgan fingerprint density at radius 1 is 1.38 bits per heavy atom. The minimum atomic E-state index is -1.59. The van der Waals surface area contributed by atoms with Crippen molar-refractivity contribution < 1.29 is 24.6 Å². The molecule has 1 rings (SSSR count). The van der Waals surface area contributed by atoms with Crippen LogP contribution in [0.2, 0.25) is 0 Å². The monoisotopic (exact) mass is 184 g/mol. The van der Waals surface area contributed by atoms with Crippen molar-refractivity contribution >= 4 is 29.8 Å². The summed E-state index contributed by atoms with van der Waals surface area (Å²) >= 11 is 0. The summed E-state index contributed by atoms with van der Waals surface area (Å²) in [4.78, 5) is 37.6. The second kappa shape index (κ2) is 3.13. The standard InChI is InChI=1S/C6H4N2O5/c9-2-1-7-3(5(10)11)4(8-2)6(12)13/h1,3H,(H,10,11)(H,12,13). The van der Waals surface area contributed by atoms with E-state index in [1.165, 1.54) is 0 Å². The van der Waals surface area contributed by atoms with Gasteiger partial charge in [-0.25, -0.2) is 14.6 Å². The van der Waals surface area contributed by atoms with E-state index in [1.54, 1.807) is 0 Å². The van der Waals surface area contributed by atoms with Crippen molar-refractivity contribution in [1.82, 2.24) is 0 Å². The highest BCUT2D eigenvalue weighted by Gasteiger charge is 2.31. The molecule has 1 heterocycles. The Hall–Kier alpha value is -2.05. The van der Waals surface area contributed by atoms with Gasteiger partial charge >= 0.3 is 11.9 Å². The fourth-order valence-corrected chi connectivity index (χ4v) is 0.763. The molecule has 1 aliphatic heterocycles. The van der Waals surface area contributed by atoms with Crippen LogP contribution in [0.4, 0.5) is 0 Å². The molecule has 0 aromatic carbocycles. The smallest absolute Gasteiger partial charge is 0.353 e. The summed E-state index contributed by atoms with van der Waals surface area (Å²) < 4.78 is 0. The van der Waals surface area contributed by atoms with Crippen molar-refractivity contribution in [3.8, 4) is 0 Å². The average Bonchev–Trinajstić information content (AvgIpc) is 2.03. The Morgan fingerprint density at radius 2 is 2.00 bits per heavy atom.